The van der Waals surface area contributed by atoms with E-state index in [-0.39, 0.29) is 5.75 Å². The van der Waals surface area contributed by atoms with Gasteiger partial charge in [-0.1, -0.05) is 6.07 Å². The first-order chi connectivity index (χ1) is 8.04. The third-order valence-electron chi connectivity index (χ3n) is 2.51. The molecular formula is C11H15N3O2S. The Hall–Kier alpha value is -1.37. The Morgan fingerprint density at radius 1 is 1.29 bits per heavy atom. The summed E-state index contributed by atoms with van der Waals surface area (Å²) >= 11 is 0. The molecule has 2 aromatic rings. The molecular weight excluding hydrogens is 238 g/mol. The van der Waals surface area contributed by atoms with Crippen LogP contribution in [0, 0.1) is 0 Å². The predicted molar refractivity (Wildman–Crippen MR) is 68.0 cm³/mol. The summed E-state index contributed by atoms with van der Waals surface area (Å²) in [5.41, 5.74) is 2.21. The lowest BCUT2D eigenvalue weighted by atomic mass is 10.1. The first-order valence-electron chi connectivity index (χ1n) is 5.32. The number of fused-ring (bicyclic) bond motifs is 1. The molecule has 1 aromatic carbocycles. The fourth-order valence-electron chi connectivity index (χ4n) is 1.66. The minimum Gasteiger partial charge on any atom is -0.361 e. The van der Waals surface area contributed by atoms with Crippen LogP contribution < -0.4 is 10.5 Å². The van der Waals surface area contributed by atoms with Crippen molar-refractivity contribution >= 4 is 20.9 Å². The molecule has 0 fully saturated rings. The zero-order valence-corrected chi connectivity index (χ0v) is 10.1. The van der Waals surface area contributed by atoms with Crippen molar-refractivity contribution < 1.29 is 8.42 Å². The van der Waals surface area contributed by atoms with Crippen molar-refractivity contribution in [3.63, 3.8) is 0 Å². The Kier molecular flexibility index (Phi) is 3.46. The van der Waals surface area contributed by atoms with E-state index in [9.17, 15) is 8.42 Å². The van der Waals surface area contributed by atoms with Gasteiger partial charge < -0.3 is 10.3 Å². The highest BCUT2D eigenvalue weighted by Crippen LogP contribution is 2.13. The van der Waals surface area contributed by atoms with Gasteiger partial charge in [-0.15, -0.1) is 0 Å². The summed E-state index contributed by atoms with van der Waals surface area (Å²) in [6.07, 6.45) is 1.89. The summed E-state index contributed by atoms with van der Waals surface area (Å²) in [4.78, 5) is 3.12. The number of rotatable bonds is 5. The van der Waals surface area contributed by atoms with Crippen molar-refractivity contribution in [2.24, 2.45) is 5.14 Å². The minimum absolute atomic E-state index is 0.0423. The highest BCUT2D eigenvalue weighted by atomic mass is 32.2. The van der Waals surface area contributed by atoms with Gasteiger partial charge in [0.05, 0.1) is 5.75 Å². The SMILES string of the molecule is NS(=O)(=O)CCNCc1ccc2[nH]ccc2c1. The smallest absolute Gasteiger partial charge is 0.210 e. The molecule has 6 heteroatoms. The lowest BCUT2D eigenvalue weighted by Gasteiger charge is -2.04. The van der Waals surface area contributed by atoms with Crippen LogP contribution in [0.5, 0.6) is 0 Å². The first-order valence-corrected chi connectivity index (χ1v) is 7.03. The highest BCUT2D eigenvalue weighted by molar-refractivity contribution is 7.89. The maximum absolute atomic E-state index is 10.7. The summed E-state index contributed by atoms with van der Waals surface area (Å²) < 4.78 is 21.4. The average molecular weight is 253 g/mol. The molecule has 2 rings (SSSR count). The van der Waals surface area contributed by atoms with E-state index in [2.05, 4.69) is 16.4 Å². The molecule has 0 aliphatic heterocycles. The van der Waals surface area contributed by atoms with Crippen LogP contribution in [0.25, 0.3) is 10.9 Å². The minimum atomic E-state index is -3.37. The zero-order chi connectivity index (χ0) is 12.3. The second-order valence-corrected chi connectivity index (χ2v) is 5.68. The molecule has 0 unspecified atom stereocenters. The van der Waals surface area contributed by atoms with Crippen molar-refractivity contribution in [3.8, 4) is 0 Å². The van der Waals surface area contributed by atoms with E-state index >= 15 is 0 Å². The van der Waals surface area contributed by atoms with E-state index in [4.69, 9.17) is 5.14 Å². The molecule has 5 nitrogen and oxygen atoms in total. The molecule has 0 bridgehead atoms. The number of aromatic nitrogens is 1. The Labute approximate surface area is 100 Å². The monoisotopic (exact) mass is 253 g/mol. The Bertz CT molecular complexity index is 604. The van der Waals surface area contributed by atoms with Crippen LogP contribution in [0.2, 0.25) is 0 Å². The van der Waals surface area contributed by atoms with Crippen molar-refractivity contribution in [1.29, 1.82) is 0 Å². The fourth-order valence-corrected chi connectivity index (χ4v) is 2.09. The number of nitrogens with two attached hydrogens (primary N) is 1. The average Bonchev–Trinajstić information content (AvgIpc) is 2.70. The van der Waals surface area contributed by atoms with E-state index < -0.39 is 10.0 Å². The Balaban J connectivity index is 1.90. The quantitative estimate of drug-likeness (QED) is 0.680. The van der Waals surface area contributed by atoms with Gasteiger partial charge in [-0.3, -0.25) is 0 Å². The number of sulfonamides is 1. The van der Waals surface area contributed by atoms with E-state index in [1.54, 1.807) is 0 Å². The molecule has 0 saturated carbocycles. The maximum Gasteiger partial charge on any atom is 0.210 e. The van der Waals surface area contributed by atoms with Crippen LogP contribution >= 0.6 is 0 Å². The fraction of sp³-hybridized carbons (Fsp3) is 0.273. The number of hydrogen-bond acceptors (Lipinski definition) is 3. The summed E-state index contributed by atoms with van der Waals surface area (Å²) in [5.74, 6) is -0.0423. The van der Waals surface area contributed by atoms with Crippen molar-refractivity contribution in [1.82, 2.24) is 10.3 Å². The van der Waals surface area contributed by atoms with Crippen molar-refractivity contribution in [2.45, 2.75) is 6.54 Å². The van der Waals surface area contributed by atoms with Gasteiger partial charge in [0.1, 0.15) is 0 Å². The van der Waals surface area contributed by atoms with E-state index in [1.807, 2.05) is 24.4 Å². The lowest BCUT2D eigenvalue weighted by Crippen LogP contribution is -2.26. The van der Waals surface area contributed by atoms with Gasteiger partial charge in [-0.05, 0) is 29.1 Å². The first kappa shape index (κ1) is 12.1. The normalized spacial score (nSPS) is 12.1. The van der Waals surface area contributed by atoms with Crippen LogP contribution in [0.1, 0.15) is 5.56 Å². The summed E-state index contributed by atoms with van der Waals surface area (Å²) in [6.45, 7) is 1.00. The summed E-state index contributed by atoms with van der Waals surface area (Å²) in [5, 5.41) is 9.10. The molecule has 0 radical (unpaired) electrons. The molecule has 0 atom stereocenters. The van der Waals surface area contributed by atoms with Gasteiger partial charge in [-0.2, -0.15) is 0 Å². The van der Waals surface area contributed by atoms with Gasteiger partial charge in [-0.25, -0.2) is 13.6 Å². The van der Waals surface area contributed by atoms with Gasteiger partial charge in [0.25, 0.3) is 0 Å². The predicted octanol–water partition coefficient (Wildman–Crippen LogP) is 0.546. The number of benzene rings is 1. The zero-order valence-electron chi connectivity index (χ0n) is 9.31. The van der Waals surface area contributed by atoms with Gasteiger partial charge in [0, 0.05) is 24.8 Å². The van der Waals surface area contributed by atoms with Crippen LogP contribution in [-0.2, 0) is 16.6 Å². The largest absolute Gasteiger partial charge is 0.361 e. The second-order valence-electron chi connectivity index (χ2n) is 3.94. The van der Waals surface area contributed by atoms with Crippen LogP contribution in [0.15, 0.2) is 30.5 Å². The molecule has 0 amide bonds. The van der Waals surface area contributed by atoms with E-state index in [0.29, 0.717) is 13.1 Å². The topological polar surface area (TPSA) is 88.0 Å². The van der Waals surface area contributed by atoms with Gasteiger partial charge in [0.2, 0.25) is 10.0 Å². The van der Waals surface area contributed by atoms with Crippen LogP contribution in [-0.4, -0.2) is 25.7 Å². The lowest BCUT2D eigenvalue weighted by molar-refractivity contribution is 0.592. The number of hydrogen-bond donors (Lipinski definition) is 3. The maximum atomic E-state index is 10.7. The number of primary sulfonamides is 1. The van der Waals surface area contributed by atoms with Crippen LogP contribution in [0.3, 0.4) is 0 Å². The number of nitrogens with one attached hydrogen (secondary N) is 2. The van der Waals surface area contributed by atoms with E-state index in [1.165, 1.54) is 0 Å². The molecule has 17 heavy (non-hydrogen) atoms. The molecule has 4 N–H and O–H groups in total. The number of aromatic amines is 1. The molecule has 1 heterocycles. The molecule has 0 spiro atoms. The summed E-state index contributed by atoms with van der Waals surface area (Å²) in [7, 11) is -3.37. The molecule has 0 aliphatic carbocycles. The Morgan fingerprint density at radius 3 is 2.88 bits per heavy atom. The standard InChI is InChI=1S/C11H15N3O2S/c12-17(15,16)6-5-13-8-9-1-2-11-10(7-9)3-4-14-11/h1-4,7,13-14H,5-6,8H2,(H2,12,15,16). The Morgan fingerprint density at radius 2 is 2.12 bits per heavy atom. The highest BCUT2D eigenvalue weighted by Gasteiger charge is 2.01. The van der Waals surface area contributed by atoms with Gasteiger partial charge in [0.15, 0.2) is 0 Å². The van der Waals surface area contributed by atoms with Crippen molar-refractivity contribution in [2.75, 3.05) is 12.3 Å². The molecule has 0 saturated heterocycles. The molecule has 1 aromatic heterocycles. The van der Waals surface area contributed by atoms with Crippen molar-refractivity contribution in [3.05, 3.63) is 36.0 Å². The van der Waals surface area contributed by atoms with Gasteiger partial charge >= 0.3 is 0 Å². The van der Waals surface area contributed by atoms with E-state index in [0.717, 1.165) is 16.5 Å². The third kappa shape index (κ3) is 3.55. The third-order valence-corrected chi connectivity index (χ3v) is 3.28. The number of H-pyrrole nitrogens is 1. The summed E-state index contributed by atoms with van der Waals surface area (Å²) in [6, 6.07) is 8.08. The molecule has 92 valence electrons. The van der Waals surface area contributed by atoms with Crippen LogP contribution in [0.4, 0.5) is 0 Å². The second kappa shape index (κ2) is 4.87. The molecule has 0 aliphatic rings.